The summed E-state index contributed by atoms with van der Waals surface area (Å²) in [4.78, 5) is 17.7. The van der Waals surface area contributed by atoms with E-state index in [1.54, 1.807) is 0 Å². The molecule has 0 unspecified atom stereocenters. The zero-order valence-corrected chi connectivity index (χ0v) is 20.2. The summed E-state index contributed by atoms with van der Waals surface area (Å²) in [5.74, 6) is -0.819. The third-order valence-corrected chi connectivity index (χ3v) is 8.33. The highest BCUT2D eigenvalue weighted by molar-refractivity contribution is 7.87. The van der Waals surface area contributed by atoms with Crippen LogP contribution in [0.5, 0.6) is 0 Å². The number of halogens is 2. The smallest absolute Gasteiger partial charge is 0.280 e. The fraction of sp³-hybridized carbons (Fsp3) is 0.435. The zero-order chi connectivity index (χ0) is 23.8. The maximum atomic E-state index is 13.5. The van der Waals surface area contributed by atoms with Gasteiger partial charge in [-0.1, -0.05) is 29.8 Å². The average molecular weight is 495 g/mol. The second-order valence-corrected chi connectivity index (χ2v) is 10.9. The largest absolute Gasteiger partial charge is 0.369 e. The van der Waals surface area contributed by atoms with Gasteiger partial charge in [0.25, 0.3) is 10.2 Å². The Bertz CT molecular complexity index is 1140. The molecule has 178 valence electrons. The van der Waals surface area contributed by atoms with Crippen LogP contribution in [0.4, 0.5) is 10.1 Å². The third-order valence-electron chi connectivity index (χ3n) is 6.44. The number of piperazine rings is 1. The SMILES string of the molecule is CN1CCN(c2cccc([C@@H]3C[C@H](C(=O)Cc4ccc(F)c(Cl)c4)N(C)S(=O)(=O)N3)c2)CC1. The number of carbonyl (C=O) groups excluding carboxylic acids is 1. The van der Waals surface area contributed by atoms with Gasteiger partial charge in [0.1, 0.15) is 5.82 Å². The van der Waals surface area contributed by atoms with E-state index in [9.17, 15) is 17.6 Å². The van der Waals surface area contributed by atoms with Crippen molar-refractivity contribution in [1.82, 2.24) is 13.9 Å². The van der Waals surface area contributed by atoms with Gasteiger partial charge >= 0.3 is 0 Å². The minimum absolute atomic E-state index is 0.0292. The predicted octanol–water partition coefficient (Wildman–Crippen LogP) is 2.62. The van der Waals surface area contributed by atoms with Crippen molar-refractivity contribution < 1.29 is 17.6 Å². The number of hydrogen-bond donors (Lipinski definition) is 1. The van der Waals surface area contributed by atoms with E-state index >= 15 is 0 Å². The predicted molar refractivity (Wildman–Crippen MR) is 127 cm³/mol. The average Bonchev–Trinajstić information content (AvgIpc) is 2.78. The summed E-state index contributed by atoms with van der Waals surface area (Å²) in [6.07, 6.45) is 0.272. The number of hydrogen-bond acceptors (Lipinski definition) is 5. The van der Waals surface area contributed by atoms with Crippen molar-refractivity contribution >= 4 is 33.3 Å². The number of nitrogens with zero attached hydrogens (tertiary/aromatic N) is 3. The number of likely N-dealkylation sites (N-methyl/N-ethyl adjacent to an activating group) is 2. The Balaban J connectivity index is 1.54. The molecule has 2 aromatic rings. The van der Waals surface area contributed by atoms with Gasteiger partial charge in [-0.15, -0.1) is 0 Å². The summed E-state index contributed by atoms with van der Waals surface area (Å²) in [7, 11) is -0.351. The van der Waals surface area contributed by atoms with E-state index < -0.39 is 28.1 Å². The Labute approximate surface area is 199 Å². The van der Waals surface area contributed by atoms with Crippen molar-refractivity contribution in [2.45, 2.75) is 24.9 Å². The summed E-state index contributed by atoms with van der Waals surface area (Å²) in [6.45, 7) is 3.74. The standard InChI is InChI=1S/C23H28ClFN4O3S/c1-27-8-10-29(11-9-27)18-5-3-4-17(14-18)21-15-22(28(2)33(31,32)26-21)23(30)13-16-6-7-20(25)19(24)12-16/h3-7,12,14,21-22,26H,8-11,13,15H2,1-2H3/t21-,22+/m0/s1. The van der Waals surface area contributed by atoms with E-state index in [2.05, 4.69) is 21.6 Å². The van der Waals surface area contributed by atoms with Gasteiger partial charge in [-0.2, -0.15) is 17.4 Å². The van der Waals surface area contributed by atoms with Crippen molar-refractivity contribution in [3.05, 3.63) is 64.4 Å². The Morgan fingerprint density at radius 3 is 2.55 bits per heavy atom. The molecule has 2 aliphatic rings. The lowest BCUT2D eigenvalue weighted by Gasteiger charge is -2.37. The molecule has 0 spiro atoms. The molecule has 4 rings (SSSR count). The maximum absolute atomic E-state index is 13.5. The maximum Gasteiger partial charge on any atom is 0.280 e. The van der Waals surface area contributed by atoms with Crippen LogP contribution < -0.4 is 9.62 Å². The molecule has 7 nitrogen and oxygen atoms in total. The quantitative estimate of drug-likeness (QED) is 0.691. The fourth-order valence-corrected chi connectivity index (χ4v) is 5.86. The van der Waals surface area contributed by atoms with Crippen LogP contribution in [0.15, 0.2) is 42.5 Å². The van der Waals surface area contributed by atoms with E-state index in [-0.39, 0.29) is 17.2 Å². The molecule has 2 fully saturated rings. The van der Waals surface area contributed by atoms with E-state index in [0.717, 1.165) is 41.7 Å². The lowest BCUT2D eigenvalue weighted by atomic mass is 9.94. The fourth-order valence-electron chi connectivity index (χ4n) is 4.36. The van der Waals surface area contributed by atoms with Crippen LogP contribution in [0.25, 0.3) is 0 Å². The van der Waals surface area contributed by atoms with Crippen molar-refractivity contribution in [3.8, 4) is 0 Å². The van der Waals surface area contributed by atoms with Gasteiger partial charge in [-0.3, -0.25) is 4.79 Å². The molecule has 0 saturated carbocycles. The van der Waals surface area contributed by atoms with E-state index in [0.29, 0.717) is 12.0 Å². The number of benzene rings is 2. The van der Waals surface area contributed by atoms with Crippen LogP contribution in [0.1, 0.15) is 23.6 Å². The highest BCUT2D eigenvalue weighted by Crippen LogP contribution is 2.31. The summed E-state index contributed by atoms with van der Waals surface area (Å²) < 4.78 is 42.9. The van der Waals surface area contributed by atoms with E-state index in [1.165, 1.54) is 25.2 Å². The van der Waals surface area contributed by atoms with Crippen LogP contribution in [0, 0.1) is 5.82 Å². The highest BCUT2D eigenvalue weighted by atomic mass is 35.5. The number of Topliss-reactive ketones (excluding diaryl/α,β-unsaturated/α-hetero) is 1. The molecule has 1 N–H and O–H groups in total. The molecule has 0 aromatic heterocycles. The number of nitrogens with one attached hydrogen (secondary N) is 1. The van der Waals surface area contributed by atoms with Gasteiger partial charge in [-0.25, -0.2) is 4.39 Å². The van der Waals surface area contributed by atoms with Crippen LogP contribution in [-0.4, -0.2) is 69.7 Å². The molecule has 2 aromatic carbocycles. The van der Waals surface area contributed by atoms with Gasteiger partial charge in [0, 0.05) is 51.4 Å². The summed E-state index contributed by atoms with van der Waals surface area (Å²) in [5.41, 5.74) is 2.41. The lowest BCUT2D eigenvalue weighted by Crippen LogP contribution is -2.55. The lowest BCUT2D eigenvalue weighted by molar-refractivity contribution is -0.122. The molecular formula is C23H28ClFN4O3S. The molecule has 0 amide bonds. The molecule has 2 atom stereocenters. The normalized spacial score (nSPS) is 24.1. The van der Waals surface area contributed by atoms with E-state index in [4.69, 9.17) is 11.6 Å². The Morgan fingerprint density at radius 2 is 1.85 bits per heavy atom. The van der Waals surface area contributed by atoms with Gasteiger partial charge in [0.2, 0.25) is 0 Å². The van der Waals surface area contributed by atoms with Gasteiger partial charge in [-0.05, 0) is 48.9 Å². The first-order valence-electron chi connectivity index (χ1n) is 10.9. The summed E-state index contributed by atoms with van der Waals surface area (Å²) in [6, 6.07) is 10.6. The van der Waals surface area contributed by atoms with Crippen molar-refractivity contribution in [1.29, 1.82) is 0 Å². The van der Waals surface area contributed by atoms with Crippen LogP contribution in [0.2, 0.25) is 5.02 Å². The first-order chi connectivity index (χ1) is 15.6. The van der Waals surface area contributed by atoms with Gasteiger partial charge in [0.15, 0.2) is 5.78 Å². The van der Waals surface area contributed by atoms with Crippen molar-refractivity contribution in [3.63, 3.8) is 0 Å². The first-order valence-corrected chi connectivity index (χ1v) is 12.7. The zero-order valence-electron chi connectivity index (χ0n) is 18.7. The second-order valence-electron chi connectivity index (χ2n) is 8.72. The second kappa shape index (κ2) is 9.68. The summed E-state index contributed by atoms with van der Waals surface area (Å²) >= 11 is 5.84. The van der Waals surface area contributed by atoms with Crippen molar-refractivity contribution in [2.75, 3.05) is 45.2 Å². The molecule has 10 heteroatoms. The highest BCUT2D eigenvalue weighted by Gasteiger charge is 2.40. The Morgan fingerprint density at radius 1 is 1.12 bits per heavy atom. The van der Waals surface area contributed by atoms with Crippen LogP contribution in [-0.2, 0) is 21.4 Å². The Hall–Kier alpha value is -2.04. The molecule has 2 aliphatic heterocycles. The number of ketones is 1. The molecule has 0 bridgehead atoms. The minimum Gasteiger partial charge on any atom is -0.369 e. The molecule has 33 heavy (non-hydrogen) atoms. The molecule has 2 heterocycles. The van der Waals surface area contributed by atoms with Crippen molar-refractivity contribution in [2.24, 2.45) is 0 Å². The molecular weight excluding hydrogens is 467 g/mol. The minimum atomic E-state index is -3.85. The summed E-state index contributed by atoms with van der Waals surface area (Å²) in [5, 5.41) is -0.0646. The Kier molecular flexibility index (Phi) is 7.07. The monoisotopic (exact) mass is 494 g/mol. The molecule has 0 radical (unpaired) electrons. The van der Waals surface area contributed by atoms with Gasteiger partial charge in [0.05, 0.1) is 11.1 Å². The van der Waals surface area contributed by atoms with Crippen LogP contribution >= 0.6 is 11.6 Å². The number of rotatable bonds is 5. The topological polar surface area (TPSA) is 73.0 Å². The number of carbonyl (C=O) groups is 1. The van der Waals surface area contributed by atoms with Gasteiger partial charge < -0.3 is 9.80 Å². The first kappa shape index (κ1) is 24.1. The van der Waals surface area contributed by atoms with E-state index in [1.807, 2.05) is 24.3 Å². The van der Waals surface area contributed by atoms with Crippen LogP contribution in [0.3, 0.4) is 0 Å². The molecule has 0 aliphatic carbocycles. The number of anilines is 1. The third kappa shape index (κ3) is 5.38. The molecule has 2 saturated heterocycles.